The summed E-state index contributed by atoms with van der Waals surface area (Å²) in [7, 11) is 1.39. The van der Waals surface area contributed by atoms with Gasteiger partial charge in [-0.25, -0.2) is 4.79 Å². The van der Waals surface area contributed by atoms with Gasteiger partial charge < -0.3 is 15.2 Å². The minimum absolute atomic E-state index is 0.305. The van der Waals surface area contributed by atoms with E-state index in [1.807, 2.05) is 36.4 Å². The number of allylic oxidation sites excluding steroid dienone is 1. The van der Waals surface area contributed by atoms with Crippen molar-refractivity contribution in [3.63, 3.8) is 0 Å². The van der Waals surface area contributed by atoms with Crippen molar-refractivity contribution in [2.24, 2.45) is 11.7 Å². The Hall–Kier alpha value is -2.07. The van der Waals surface area contributed by atoms with E-state index in [0.717, 1.165) is 12.0 Å². The summed E-state index contributed by atoms with van der Waals surface area (Å²) in [5.74, 6) is 0.655. The first-order valence-corrected chi connectivity index (χ1v) is 7.08. The van der Waals surface area contributed by atoms with Crippen LogP contribution in [0.3, 0.4) is 0 Å². The molecule has 2 aliphatic rings. The predicted octanol–water partition coefficient (Wildman–Crippen LogP) is 2.31. The molecule has 0 aliphatic heterocycles. The average molecular weight is 285 g/mol. The van der Waals surface area contributed by atoms with Crippen molar-refractivity contribution in [1.82, 2.24) is 0 Å². The predicted molar refractivity (Wildman–Crippen MR) is 79.1 cm³/mol. The number of fused-ring (bicyclic) bond motifs is 1. The third kappa shape index (κ3) is 3.00. The topological polar surface area (TPSA) is 61.5 Å². The minimum Gasteiger partial charge on any atom is -0.489 e. The van der Waals surface area contributed by atoms with Crippen LogP contribution in [0.1, 0.15) is 18.4 Å². The number of methoxy groups -OCH3 is 1. The first-order chi connectivity index (χ1) is 10.1. The zero-order chi connectivity index (χ0) is 14.9. The fourth-order valence-corrected chi connectivity index (χ4v) is 2.71. The van der Waals surface area contributed by atoms with Crippen LogP contribution in [0.4, 0.5) is 0 Å². The molecular formula is C17H19NO3. The van der Waals surface area contributed by atoms with Crippen LogP contribution < -0.4 is 5.73 Å². The molecule has 3 rings (SSSR count). The largest absolute Gasteiger partial charge is 0.489 e. The van der Waals surface area contributed by atoms with E-state index < -0.39 is 0 Å². The fraction of sp³-hybridized carbons (Fsp3) is 0.353. The Morgan fingerprint density at radius 1 is 1.38 bits per heavy atom. The highest BCUT2D eigenvalue weighted by molar-refractivity contribution is 5.89. The summed E-state index contributed by atoms with van der Waals surface area (Å²) < 4.78 is 10.7. The van der Waals surface area contributed by atoms with Gasteiger partial charge >= 0.3 is 5.97 Å². The molecule has 0 bridgehead atoms. The van der Waals surface area contributed by atoms with Gasteiger partial charge in [-0.05, 0) is 36.5 Å². The lowest BCUT2D eigenvalue weighted by atomic mass is 10.1. The Balaban J connectivity index is 1.77. The molecule has 1 fully saturated rings. The van der Waals surface area contributed by atoms with E-state index in [0.29, 0.717) is 30.3 Å². The van der Waals surface area contributed by atoms with Crippen molar-refractivity contribution in [2.45, 2.75) is 25.0 Å². The molecule has 21 heavy (non-hydrogen) atoms. The lowest BCUT2D eigenvalue weighted by Gasteiger charge is -2.10. The van der Waals surface area contributed by atoms with Gasteiger partial charge in [-0.2, -0.15) is 0 Å². The molecule has 4 heteroatoms. The van der Waals surface area contributed by atoms with Crippen molar-refractivity contribution in [1.29, 1.82) is 0 Å². The summed E-state index contributed by atoms with van der Waals surface area (Å²) in [5, 5.41) is 0. The van der Waals surface area contributed by atoms with Crippen LogP contribution in [-0.4, -0.2) is 18.6 Å². The Morgan fingerprint density at radius 3 is 2.86 bits per heavy atom. The standard InChI is InChI=1S/C17H19NO3/c1-20-16(19)13-7-14-9-17(14,18)10-15(8-13)21-11-12-5-3-2-4-6-12/h2-6,8,10,14H,7,9,11,18H2,1H3/t14-,17+/m1/s1. The first-order valence-electron chi connectivity index (χ1n) is 7.08. The maximum absolute atomic E-state index is 11.8. The highest BCUT2D eigenvalue weighted by atomic mass is 16.5. The maximum atomic E-state index is 11.8. The Morgan fingerprint density at radius 2 is 2.14 bits per heavy atom. The van der Waals surface area contributed by atoms with Crippen LogP contribution in [0.2, 0.25) is 0 Å². The highest BCUT2D eigenvalue weighted by Crippen LogP contribution is 2.49. The SMILES string of the molecule is COC(=O)C1=CC(OCc2ccccc2)=C[C@@]2(N)C[C@H]2C1. The van der Waals surface area contributed by atoms with Gasteiger partial charge in [0.1, 0.15) is 12.4 Å². The number of carbonyl (C=O) groups excluding carboxylic acids is 1. The van der Waals surface area contributed by atoms with E-state index in [-0.39, 0.29) is 11.5 Å². The number of rotatable bonds is 4. The van der Waals surface area contributed by atoms with E-state index in [1.165, 1.54) is 7.11 Å². The van der Waals surface area contributed by atoms with Gasteiger partial charge in [0.15, 0.2) is 0 Å². The molecule has 110 valence electrons. The molecule has 1 saturated carbocycles. The van der Waals surface area contributed by atoms with Crippen LogP contribution in [0.15, 0.2) is 53.8 Å². The van der Waals surface area contributed by atoms with Crippen molar-refractivity contribution in [3.05, 3.63) is 59.4 Å². The van der Waals surface area contributed by atoms with Crippen LogP contribution in [-0.2, 0) is 20.9 Å². The second-order valence-corrected chi connectivity index (χ2v) is 5.70. The van der Waals surface area contributed by atoms with Gasteiger partial charge in [-0.3, -0.25) is 0 Å². The number of esters is 1. The molecule has 4 nitrogen and oxygen atoms in total. The summed E-state index contributed by atoms with van der Waals surface area (Å²) >= 11 is 0. The smallest absolute Gasteiger partial charge is 0.333 e. The molecule has 0 unspecified atom stereocenters. The lowest BCUT2D eigenvalue weighted by molar-refractivity contribution is -0.136. The third-order valence-electron chi connectivity index (χ3n) is 4.09. The second kappa shape index (κ2) is 5.37. The number of carbonyl (C=O) groups is 1. The third-order valence-corrected chi connectivity index (χ3v) is 4.09. The van der Waals surface area contributed by atoms with Crippen molar-refractivity contribution in [2.75, 3.05) is 7.11 Å². The molecule has 0 radical (unpaired) electrons. The quantitative estimate of drug-likeness (QED) is 0.862. The van der Waals surface area contributed by atoms with E-state index >= 15 is 0 Å². The van der Waals surface area contributed by atoms with Crippen LogP contribution in [0.5, 0.6) is 0 Å². The molecule has 0 aromatic heterocycles. The molecule has 0 spiro atoms. The van der Waals surface area contributed by atoms with Crippen molar-refractivity contribution < 1.29 is 14.3 Å². The molecule has 2 N–H and O–H groups in total. The first kappa shape index (κ1) is 13.9. The molecule has 0 amide bonds. The maximum Gasteiger partial charge on any atom is 0.333 e. The van der Waals surface area contributed by atoms with E-state index in [2.05, 4.69) is 0 Å². The van der Waals surface area contributed by atoms with Gasteiger partial charge in [-0.15, -0.1) is 0 Å². The number of nitrogens with two attached hydrogens (primary N) is 1. The summed E-state index contributed by atoms with van der Waals surface area (Å²) in [6, 6.07) is 9.91. The monoisotopic (exact) mass is 285 g/mol. The molecular weight excluding hydrogens is 266 g/mol. The number of benzene rings is 1. The van der Waals surface area contributed by atoms with Crippen molar-refractivity contribution >= 4 is 5.97 Å². The van der Waals surface area contributed by atoms with Crippen LogP contribution in [0.25, 0.3) is 0 Å². The minimum atomic E-state index is -0.335. The van der Waals surface area contributed by atoms with Gasteiger partial charge in [0.05, 0.1) is 7.11 Å². The Bertz CT molecular complexity index is 606. The number of hydrogen-bond acceptors (Lipinski definition) is 4. The van der Waals surface area contributed by atoms with Crippen LogP contribution in [0, 0.1) is 5.92 Å². The fourth-order valence-electron chi connectivity index (χ4n) is 2.71. The van der Waals surface area contributed by atoms with Crippen LogP contribution >= 0.6 is 0 Å². The van der Waals surface area contributed by atoms with Crippen molar-refractivity contribution in [3.8, 4) is 0 Å². The van der Waals surface area contributed by atoms with Gasteiger partial charge in [0.2, 0.25) is 0 Å². The molecule has 0 saturated heterocycles. The molecule has 0 heterocycles. The normalized spacial score (nSPS) is 26.9. The number of hydrogen-bond donors (Lipinski definition) is 1. The lowest BCUT2D eigenvalue weighted by Crippen LogP contribution is -2.22. The summed E-state index contributed by atoms with van der Waals surface area (Å²) in [6.45, 7) is 0.457. The molecule has 1 aromatic carbocycles. The van der Waals surface area contributed by atoms with Gasteiger partial charge in [0.25, 0.3) is 0 Å². The van der Waals surface area contributed by atoms with Gasteiger partial charge in [-0.1, -0.05) is 30.3 Å². The average Bonchev–Trinajstić information content (AvgIpc) is 3.15. The summed E-state index contributed by atoms with van der Waals surface area (Å²) in [6.07, 6.45) is 5.24. The zero-order valence-corrected chi connectivity index (χ0v) is 12.0. The Kier molecular flexibility index (Phi) is 3.55. The Labute approximate surface area is 124 Å². The second-order valence-electron chi connectivity index (χ2n) is 5.70. The molecule has 1 aromatic rings. The van der Waals surface area contributed by atoms with Gasteiger partial charge in [0, 0.05) is 11.1 Å². The molecule has 2 aliphatic carbocycles. The summed E-state index contributed by atoms with van der Waals surface area (Å²) in [4.78, 5) is 11.8. The van der Waals surface area contributed by atoms with E-state index in [9.17, 15) is 4.79 Å². The summed E-state index contributed by atoms with van der Waals surface area (Å²) in [5.41, 5.74) is 7.65. The van der Waals surface area contributed by atoms with E-state index in [1.54, 1.807) is 6.08 Å². The molecule has 2 atom stereocenters. The van der Waals surface area contributed by atoms with E-state index in [4.69, 9.17) is 15.2 Å². The zero-order valence-electron chi connectivity index (χ0n) is 12.0. The number of ether oxygens (including phenoxy) is 2. The highest BCUT2D eigenvalue weighted by Gasteiger charge is 2.51.